The lowest BCUT2D eigenvalue weighted by atomic mass is 9.97. The summed E-state index contributed by atoms with van der Waals surface area (Å²) < 4.78 is 1.60. The molecule has 2 heterocycles. The Hall–Kier alpha value is -2.70. The molecule has 6 nitrogen and oxygen atoms in total. The number of fused-ring (bicyclic) bond motifs is 1. The van der Waals surface area contributed by atoms with E-state index in [0.29, 0.717) is 36.5 Å². The SMILES string of the molecule is CC(C)(C)CNC(=O)CN1CCCC1Cn1nc(Cc2ccc(Cl)cc2)c2ccccc2c1=O. The van der Waals surface area contributed by atoms with Crippen molar-refractivity contribution in [1.29, 1.82) is 0 Å². The maximum Gasteiger partial charge on any atom is 0.274 e. The van der Waals surface area contributed by atoms with Gasteiger partial charge in [-0.05, 0) is 48.6 Å². The number of nitrogens with one attached hydrogen (secondary N) is 1. The quantitative estimate of drug-likeness (QED) is 0.548. The lowest BCUT2D eigenvalue weighted by Gasteiger charge is -2.25. The number of hydrogen-bond acceptors (Lipinski definition) is 4. The van der Waals surface area contributed by atoms with Crippen LogP contribution in [-0.2, 0) is 17.8 Å². The molecule has 0 aliphatic carbocycles. The van der Waals surface area contributed by atoms with Crippen LogP contribution in [0.3, 0.4) is 0 Å². The van der Waals surface area contributed by atoms with Crippen LogP contribution in [0.1, 0.15) is 44.9 Å². The zero-order valence-electron chi connectivity index (χ0n) is 20.2. The van der Waals surface area contributed by atoms with E-state index in [2.05, 4.69) is 31.0 Å². The first-order valence-electron chi connectivity index (χ1n) is 11.9. The summed E-state index contributed by atoms with van der Waals surface area (Å²) in [6.07, 6.45) is 2.57. The summed E-state index contributed by atoms with van der Waals surface area (Å²) >= 11 is 6.05. The van der Waals surface area contributed by atoms with Crippen LogP contribution in [-0.4, -0.2) is 46.3 Å². The summed E-state index contributed by atoms with van der Waals surface area (Å²) in [5.41, 5.74) is 1.91. The Balaban J connectivity index is 1.56. The fraction of sp³-hybridized carbons (Fsp3) is 0.444. The smallest absolute Gasteiger partial charge is 0.274 e. The minimum Gasteiger partial charge on any atom is -0.354 e. The highest BCUT2D eigenvalue weighted by molar-refractivity contribution is 6.30. The summed E-state index contributed by atoms with van der Waals surface area (Å²) in [4.78, 5) is 28.0. The fourth-order valence-corrected chi connectivity index (χ4v) is 4.59. The summed E-state index contributed by atoms with van der Waals surface area (Å²) in [7, 11) is 0. The highest BCUT2D eigenvalue weighted by Crippen LogP contribution is 2.21. The van der Waals surface area contributed by atoms with Gasteiger partial charge in [-0.2, -0.15) is 5.10 Å². The van der Waals surface area contributed by atoms with Crippen molar-refractivity contribution < 1.29 is 4.79 Å². The lowest BCUT2D eigenvalue weighted by molar-refractivity contribution is -0.122. The third-order valence-electron chi connectivity index (χ3n) is 6.27. The average molecular weight is 481 g/mol. The largest absolute Gasteiger partial charge is 0.354 e. The number of likely N-dealkylation sites (tertiary alicyclic amines) is 1. The van der Waals surface area contributed by atoms with E-state index in [0.717, 1.165) is 36.0 Å². The Bertz CT molecular complexity index is 1210. The van der Waals surface area contributed by atoms with E-state index in [1.165, 1.54) is 0 Å². The Morgan fingerprint density at radius 2 is 1.82 bits per heavy atom. The maximum absolute atomic E-state index is 13.3. The molecule has 0 spiro atoms. The monoisotopic (exact) mass is 480 g/mol. The normalized spacial score (nSPS) is 16.8. The van der Waals surface area contributed by atoms with E-state index >= 15 is 0 Å². The van der Waals surface area contributed by atoms with Crippen molar-refractivity contribution in [2.75, 3.05) is 19.6 Å². The number of rotatable bonds is 7. The summed E-state index contributed by atoms with van der Waals surface area (Å²) in [6, 6.07) is 15.5. The van der Waals surface area contributed by atoms with Gasteiger partial charge in [0.05, 0.1) is 24.2 Å². The van der Waals surface area contributed by atoms with Crippen LogP contribution in [0.4, 0.5) is 0 Å². The van der Waals surface area contributed by atoms with Crippen molar-refractivity contribution in [2.45, 2.75) is 52.6 Å². The van der Waals surface area contributed by atoms with E-state index in [9.17, 15) is 9.59 Å². The topological polar surface area (TPSA) is 67.2 Å². The van der Waals surface area contributed by atoms with Crippen LogP contribution in [0.25, 0.3) is 10.8 Å². The van der Waals surface area contributed by atoms with E-state index in [1.54, 1.807) is 4.68 Å². The van der Waals surface area contributed by atoms with Gasteiger partial charge in [0.1, 0.15) is 0 Å². The van der Waals surface area contributed by atoms with Crippen LogP contribution in [0.5, 0.6) is 0 Å². The lowest BCUT2D eigenvalue weighted by Crippen LogP contribution is -2.44. The fourth-order valence-electron chi connectivity index (χ4n) is 4.47. The van der Waals surface area contributed by atoms with E-state index in [4.69, 9.17) is 16.7 Å². The zero-order chi connectivity index (χ0) is 24.3. The van der Waals surface area contributed by atoms with Crippen molar-refractivity contribution in [2.24, 2.45) is 5.41 Å². The molecule has 180 valence electrons. The summed E-state index contributed by atoms with van der Waals surface area (Å²) in [5.74, 6) is 0.0315. The van der Waals surface area contributed by atoms with Crippen LogP contribution in [0, 0.1) is 5.41 Å². The van der Waals surface area contributed by atoms with Gasteiger partial charge in [0, 0.05) is 29.4 Å². The van der Waals surface area contributed by atoms with Crippen molar-refractivity contribution in [3.63, 3.8) is 0 Å². The van der Waals surface area contributed by atoms with Crippen LogP contribution >= 0.6 is 11.6 Å². The molecule has 0 saturated carbocycles. The molecule has 1 atom stereocenters. The Morgan fingerprint density at radius 3 is 2.53 bits per heavy atom. The number of nitrogens with zero attached hydrogens (tertiary/aromatic N) is 3. The molecule has 1 amide bonds. The predicted octanol–water partition coefficient (Wildman–Crippen LogP) is 4.27. The van der Waals surface area contributed by atoms with E-state index in [-0.39, 0.29) is 22.9 Å². The van der Waals surface area contributed by atoms with Gasteiger partial charge >= 0.3 is 0 Å². The molecule has 1 aliphatic heterocycles. The Kier molecular flexibility index (Phi) is 7.39. The summed E-state index contributed by atoms with van der Waals surface area (Å²) in [6.45, 7) is 8.63. The van der Waals surface area contributed by atoms with Gasteiger partial charge in [-0.3, -0.25) is 14.5 Å². The van der Waals surface area contributed by atoms with E-state index < -0.39 is 0 Å². The Labute approximate surface area is 205 Å². The molecule has 1 fully saturated rings. The first kappa shape index (κ1) is 24.4. The standard InChI is InChI=1S/C27H33ClN4O2/c1-27(2,3)18-29-25(33)17-31-14-6-7-21(31)16-32-26(34)23-9-5-4-8-22(23)24(30-32)15-19-10-12-20(28)13-11-19/h4-5,8-13,21H,6-7,14-18H2,1-3H3,(H,29,33). The number of carbonyl (C=O) groups excluding carboxylic acids is 1. The third-order valence-corrected chi connectivity index (χ3v) is 6.53. The molecule has 2 aromatic carbocycles. The molecular formula is C27H33ClN4O2. The molecule has 1 aliphatic rings. The zero-order valence-corrected chi connectivity index (χ0v) is 20.9. The Morgan fingerprint density at radius 1 is 1.12 bits per heavy atom. The molecule has 4 rings (SSSR count). The van der Waals surface area contributed by atoms with Gasteiger partial charge in [0.15, 0.2) is 0 Å². The summed E-state index contributed by atoms with van der Waals surface area (Å²) in [5, 5.41) is 10.1. The highest BCUT2D eigenvalue weighted by Gasteiger charge is 2.28. The average Bonchev–Trinajstić information content (AvgIpc) is 3.23. The van der Waals surface area contributed by atoms with Crippen molar-refractivity contribution >= 4 is 28.3 Å². The van der Waals surface area contributed by atoms with Crippen molar-refractivity contribution in [1.82, 2.24) is 20.0 Å². The van der Waals surface area contributed by atoms with Crippen LogP contribution < -0.4 is 10.9 Å². The van der Waals surface area contributed by atoms with Gasteiger partial charge in [0.2, 0.25) is 5.91 Å². The highest BCUT2D eigenvalue weighted by atomic mass is 35.5. The molecule has 1 N–H and O–H groups in total. The van der Waals surface area contributed by atoms with Gasteiger partial charge in [0.25, 0.3) is 5.56 Å². The van der Waals surface area contributed by atoms with Crippen LogP contribution in [0.15, 0.2) is 53.3 Å². The molecule has 7 heteroatoms. The number of benzene rings is 2. The van der Waals surface area contributed by atoms with E-state index in [1.807, 2.05) is 48.5 Å². The third kappa shape index (κ3) is 6.05. The molecule has 0 radical (unpaired) electrons. The molecule has 3 aromatic rings. The first-order valence-corrected chi connectivity index (χ1v) is 12.3. The second kappa shape index (κ2) is 10.3. The van der Waals surface area contributed by atoms with Gasteiger partial charge in [-0.1, -0.05) is 62.7 Å². The molecular weight excluding hydrogens is 448 g/mol. The van der Waals surface area contributed by atoms with Crippen molar-refractivity contribution in [3.05, 3.63) is 75.2 Å². The second-order valence-electron chi connectivity index (χ2n) is 10.4. The number of hydrogen-bond donors (Lipinski definition) is 1. The molecule has 1 unspecified atom stereocenters. The first-order chi connectivity index (χ1) is 16.2. The van der Waals surface area contributed by atoms with Crippen LogP contribution in [0.2, 0.25) is 5.02 Å². The minimum atomic E-state index is -0.0838. The minimum absolute atomic E-state index is 0.0315. The maximum atomic E-state index is 13.3. The predicted molar refractivity (Wildman–Crippen MR) is 137 cm³/mol. The van der Waals surface area contributed by atoms with Gasteiger partial charge in [-0.25, -0.2) is 4.68 Å². The number of carbonyl (C=O) groups is 1. The van der Waals surface area contributed by atoms with Gasteiger partial charge < -0.3 is 5.32 Å². The molecule has 1 aromatic heterocycles. The molecule has 0 bridgehead atoms. The second-order valence-corrected chi connectivity index (χ2v) is 10.8. The van der Waals surface area contributed by atoms with Gasteiger partial charge in [-0.15, -0.1) is 0 Å². The number of aromatic nitrogens is 2. The number of halogens is 1. The molecule has 34 heavy (non-hydrogen) atoms. The van der Waals surface area contributed by atoms with Crippen molar-refractivity contribution in [3.8, 4) is 0 Å². The molecule has 1 saturated heterocycles. The number of amides is 1.